The van der Waals surface area contributed by atoms with Gasteiger partial charge in [-0.2, -0.15) is 13.2 Å². The van der Waals surface area contributed by atoms with E-state index in [0.717, 1.165) is 0 Å². The molecule has 0 bridgehead atoms. The van der Waals surface area contributed by atoms with Gasteiger partial charge in [0.25, 0.3) is 0 Å². The van der Waals surface area contributed by atoms with Crippen LogP contribution in [-0.2, 0) is 4.74 Å². The molecule has 6 heteroatoms. The van der Waals surface area contributed by atoms with Crippen molar-refractivity contribution in [3.05, 3.63) is 29.8 Å². The fourth-order valence-electron chi connectivity index (χ4n) is 1.28. The van der Waals surface area contributed by atoms with Gasteiger partial charge in [-0.1, -0.05) is 19.1 Å². The van der Waals surface area contributed by atoms with Gasteiger partial charge in [-0.15, -0.1) is 0 Å². The minimum Gasteiger partial charge on any atom is -0.467 e. The van der Waals surface area contributed by atoms with E-state index in [4.69, 9.17) is 4.74 Å². The van der Waals surface area contributed by atoms with Gasteiger partial charge in [-0.3, -0.25) is 4.79 Å². The summed E-state index contributed by atoms with van der Waals surface area (Å²) in [6, 6.07) is 6.36. The number of carbonyl (C=O) groups is 1. The zero-order valence-corrected chi connectivity index (χ0v) is 9.79. The lowest BCUT2D eigenvalue weighted by molar-refractivity contribution is -0.186. The van der Waals surface area contributed by atoms with E-state index in [1.807, 2.05) is 0 Å². The van der Waals surface area contributed by atoms with E-state index >= 15 is 0 Å². The van der Waals surface area contributed by atoms with Crippen LogP contribution in [-0.4, -0.2) is 25.4 Å². The third kappa shape index (κ3) is 4.75. The summed E-state index contributed by atoms with van der Waals surface area (Å²) >= 11 is 0. The van der Waals surface area contributed by atoms with Crippen LogP contribution >= 0.6 is 0 Å². The summed E-state index contributed by atoms with van der Waals surface area (Å²) in [7, 11) is 0. The molecule has 0 aliphatic heterocycles. The zero-order valence-electron chi connectivity index (χ0n) is 9.79. The highest BCUT2D eigenvalue weighted by atomic mass is 19.4. The standard InChI is InChI=1S/C12H13F3O3/c1-2-10(16)9-5-3-4-6-11(9)18-8-17-7-12(13,14)15/h3-6H,2,7-8H2,1H3. The molecule has 18 heavy (non-hydrogen) atoms. The number of alkyl halides is 3. The highest BCUT2D eigenvalue weighted by Crippen LogP contribution is 2.20. The summed E-state index contributed by atoms with van der Waals surface area (Å²) in [6.45, 7) is -0.232. The van der Waals surface area contributed by atoms with Crippen molar-refractivity contribution < 1.29 is 27.4 Å². The van der Waals surface area contributed by atoms with Crippen molar-refractivity contribution in [1.82, 2.24) is 0 Å². The first kappa shape index (κ1) is 14.5. The number of carbonyl (C=O) groups excluding carboxylic acids is 1. The number of ketones is 1. The van der Waals surface area contributed by atoms with E-state index < -0.39 is 19.6 Å². The van der Waals surface area contributed by atoms with Crippen LogP contribution < -0.4 is 4.74 Å². The number of ether oxygens (including phenoxy) is 2. The molecule has 0 heterocycles. The largest absolute Gasteiger partial charge is 0.467 e. The molecule has 1 aromatic rings. The van der Waals surface area contributed by atoms with Crippen LogP contribution in [0, 0.1) is 0 Å². The van der Waals surface area contributed by atoms with Gasteiger partial charge < -0.3 is 9.47 Å². The second kappa shape index (κ2) is 6.39. The maximum Gasteiger partial charge on any atom is 0.411 e. The fraction of sp³-hybridized carbons (Fsp3) is 0.417. The van der Waals surface area contributed by atoms with Crippen molar-refractivity contribution in [1.29, 1.82) is 0 Å². The maximum absolute atomic E-state index is 11.8. The van der Waals surface area contributed by atoms with Crippen LogP contribution in [0.15, 0.2) is 24.3 Å². The van der Waals surface area contributed by atoms with Gasteiger partial charge in [0.15, 0.2) is 12.6 Å². The fourth-order valence-corrected chi connectivity index (χ4v) is 1.28. The predicted molar refractivity (Wildman–Crippen MR) is 58.6 cm³/mol. The number of benzene rings is 1. The molecule has 100 valence electrons. The molecule has 0 aliphatic carbocycles. The summed E-state index contributed by atoms with van der Waals surface area (Å²) in [4.78, 5) is 11.5. The third-order valence-corrected chi connectivity index (χ3v) is 2.07. The van der Waals surface area contributed by atoms with E-state index in [0.29, 0.717) is 12.0 Å². The molecule has 0 aromatic heterocycles. The van der Waals surface area contributed by atoms with Gasteiger partial charge in [-0.05, 0) is 12.1 Å². The van der Waals surface area contributed by atoms with Crippen LogP contribution in [0.4, 0.5) is 13.2 Å². The van der Waals surface area contributed by atoms with Gasteiger partial charge in [-0.25, -0.2) is 0 Å². The van der Waals surface area contributed by atoms with E-state index in [1.165, 1.54) is 6.07 Å². The molecule has 0 N–H and O–H groups in total. The molecule has 0 saturated carbocycles. The molecule has 0 unspecified atom stereocenters. The van der Waals surface area contributed by atoms with Gasteiger partial charge in [0.2, 0.25) is 0 Å². The molecule has 1 aromatic carbocycles. The number of hydrogen-bond donors (Lipinski definition) is 0. The Kier molecular flexibility index (Phi) is 5.15. The summed E-state index contributed by atoms with van der Waals surface area (Å²) in [5, 5.41) is 0. The van der Waals surface area contributed by atoms with Crippen molar-refractivity contribution in [2.45, 2.75) is 19.5 Å². The molecule has 3 nitrogen and oxygen atoms in total. The van der Waals surface area contributed by atoms with Crippen LogP contribution in [0.3, 0.4) is 0 Å². The van der Waals surface area contributed by atoms with Crippen LogP contribution in [0.25, 0.3) is 0 Å². The topological polar surface area (TPSA) is 35.5 Å². The van der Waals surface area contributed by atoms with Gasteiger partial charge in [0.1, 0.15) is 12.4 Å². The molecule has 0 fully saturated rings. The maximum atomic E-state index is 11.8. The number of halogens is 3. The average Bonchev–Trinajstić information content (AvgIpc) is 2.33. The van der Waals surface area contributed by atoms with Crippen LogP contribution in [0.5, 0.6) is 5.75 Å². The monoisotopic (exact) mass is 262 g/mol. The lowest BCUT2D eigenvalue weighted by Crippen LogP contribution is -2.19. The predicted octanol–water partition coefficient (Wildman–Crippen LogP) is 3.19. The molecule has 0 saturated heterocycles. The molecule has 0 amide bonds. The summed E-state index contributed by atoms with van der Waals surface area (Å²) in [6.07, 6.45) is -4.09. The van der Waals surface area contributed by atoms with Gasteiger partial charge in [0, 0.05) is 6.42 Å². The summed E-state index contributed by atoms with van der Waals surface area (Å²) in [5.41, 5.74) is 0.343. The lowest BCUT2D eigenvalue weighted by Gasteiger charge is -2.11. The molecule has 0 atom stereocenters. The number of hydrogen-bond acceptors (Lipinski definition) is 3. The molecule has 0 spiro atoms. The summed E-state index contributed by atoms with van der Waals surface area (Å²) in [5.74, 6) is 0.0907. The van der Waals surface area contributed by atoms with Crippen molar-refractivity contribution >= 4 is 5.78 Å². The van der Waals surface area contributed by atoms with E-state index in [-0.39, 0.29) is 11.5 Å². The molecule has 0 radical (unpaired) electrons. The first-order chi connectivity index (χ1) is 8.44. The van der Waals surface area contributed by atoms with Crippen molar-refractivity contribution in [3.63, 3.8) is 0 Å². The van der Waals surface area contributed by atoms with Crippen molar-refractivity contribution in [2.75, 3.05) is 13.4 Å². The highest BCUT2D eigenvalue weighted by Gasteiger charge is 2.27. The third-order valence-electron chi connectivity index (χ3n) is 2.07. The Morgan fingerprint density at radius 2 is 1.94 bits per heavy atom. The Balaban J connectivity index is 2.54. The number of para-hydroxylation sites is 1. The van der Waals surface area contributed by atoms with E-state index in [2.05, 4.69) is 4.74 Å². The second-order valence-corrected chi connectivity index (χ2v) is 3.50. The molecule has 1 rings (SSSR count). The first-order valence-corrected chi connectivity index (χ1v) is 5.33. The SMILES string of the molecule is CCC(=O)c1ccccc1OCOCC(F)(F)F. The first-order valence-electron chi connectivity index (χ1n) is 5.33. The Morgan fingerprint density at radius 3 is 2.56 bits per heavy atom. The van der Waals surface area contributed by atoms with Crippen molar-refractivity contribution in [2.24, 2.45) is 0 Å². The Hall–Kier alpha value is -1.56. The lowest BCUT2D eigenvalue weighted by atomic mass is 10.1. The minimum atomic E-state index is -4.39. The molecule has 0 aliphatic rings. The Labute approximate surface area is 103 Å². The van der Waals surface area contributed by atoms with E-state index in [1.54, 1.807) is 25.1 Å². The minimum absolute atomic E-state index is 0.138. The molecular weight excluding hydrogens is 249 g/mol. The van der Waals surface area contributed by atoms with Crippen LogP contribution in [0.2, 0.25) is 0 Å². The quantitative estimate of drug-likeness (QED) is 0.448. The van der Waals surface area contributed by atoms with Crippen LogP contribution in [0.1, 0.15) is 23.7 Å². The average molecular weight is 262 g/mol. The van der Waals surface area contributed by atoms with Gasteiger partial charge in [0.05, 0.1) is 5.56 Å². The highest BCUT2D eigenvalue weighted by molar-refractivity contribution is 5.98. The smallest absolute Gasteiger partial charge is 0.411 e. The normalized spacial score (nSPS) is 11.3. The van der Waals surface area contributed by atoms with Gasteiger partial charge >= 0.3 is 6.18 Å². The number of rotatable bonds is 6. The number of Topliss-reactive ketones (excluding diaryl/α,β-unsaturated/α-hetero) is 1. The van der Waals surface area contributed by atoms with Crippen molar-refractivity contribution in [3.8, 4) is 5.75 Å². The second-order valence-electron chi connectivity index (χ2n) is 3.50. The van der Waals surface area contributed by atoms with E-state index in [9.17, 15) is 18.0 Å². The Bertz CT molecular complexity index is 402. The summed E-state index contributed by atoms with van der Waals surface area (Å²) < 4.78 is 44.8. The zero-order chi connectivity index (χ0) is 13.6. The Morgan fingerprint density at radius 1 is 1.28 bits per heavy atom. The molecular formula is C12H13F3O3.